The normalized spacial score (nSPS) is 15.7. The van der Waals surface area contributed by atoms with E-state index in [0.29, 0.717) is 12.6 Å². The first-order valence-electron chi connectivity index (χ1n) is 6.07. The standard InChI is InChI=1S/C12H22N2O2/c1-4-5-8-13-10(15)12(2,3)11(16)14-9-6-7-9/h9H,4-8H2,1-3H3,(H,13,15)(H,14,16). The summed E-state index contributed by atoms with van der Waals surface area (Å²) in [6.07, 6.45) is 4.07. The second kappa shape index (κ2) is 5.32. The molecular weight excluding hydrogens is 204 g/mol. The molecule has 0 atom stereocenters. The van der Waals surface area contributed by atoms with Gasteiger partial charge in [0.25, 0.3) is 0 Å². The molecule has 16 heavy (non-hydrogen) atoms. The van der Waals surface area contributed by atoms with Crippen molar-refractivity contribution in [3.8, 4) is 0 Å². The highest BCUT2D eigenvalue weighted by Crippen LogP contribution is 2.22. The summed E-state index contributed by atoms with van der Waals surface area (Å²) in [5.74, 6) is -0.344. The largest absolute Gasteiger partial charge is 0.355 e. The number of carbonyl (C=O) groups is 2. The summed E-state index contributed by atoms with van der Waals surface area (Å²) in [6, 6.07) is 0.301. The lowest BCUT2D eigenvalue weighted by molar-refractivity contribution is -0.141. The van der Waals surface area contributed by atoms with Crippen molar-refractivity contribution in [2.24, 2.45) is 5.41 Å². The molecule has 0 bridgehead atoms. The lowest BCUT2D eigenvalue weighted by Gasteiger charge is -2.22. The molecule has 0 aromatic carbocycles. The van der Waals surface area contributed by atoms with Gasteiger partial charge in [-0.15, -0.1) is 0 Å². The third kappa shape index (κ3) is 3.51. The van der Waals surface area contributed by atoms with Crippen LogP contribution in [0.15, 0.2) is 0 Å². The summed E-state index contributed by atoms with van der Waals surface area (Å²) in [7, 11) is 0. The van der Waals surface area contributed by atoms with Crippen LogP contribution in [0.4, 0.5) is 0 Å². The highest BCUT2D eigenvalue weighted by Gasteiger charge is 2.38. The third-order valence-electron chi connectivity index (χ3n) is 2.86. The first-order valence-corrected chi connectivity index (χ1v) is 6.07. The maximum absolute atomic E-state index is 11.8. The third-order valence-corrected chi connectivity index (χ3v) is 2.86. The molecule has 4 heteroatoms. The van der Waals surface area contributed by atoms with E-state index in [-0.39, 0.29) is 11.8 Å². The van der Waals surface area contributed by atoms with Crippen LogP contribution >= 0.6 is 0 Å². The van der Waals surface area contributed by atoms with E-state index in [1.807, 2.05) is 0 Å². The van der Waals surface area contributed by atoms with Crippen LogP contribution in [0.3, 0.4) is 0 Å². The average molecular weight is 226 g/mol. The van der Waals surface area contributed by atoms with Crippen molar-refractivity contribution < 1.29 is 9.59 Å². The number of amides is 2. The SMILES string of the molecule is CCCCNC(=O)C(C)(C)C(=O)NC1CC1. The van der Waals surface area contributed by atoms with Crippen LogP contribution < -0.4 is 10.6 Å². The molecule has 1 aliphatic rings. The predicted molar refractivity (Wildman–Crippen MR) is 62.9 cm³/mol. The molecule has 1 saturated carbocycles. The number of rotatable bonds is 6. The van der Waals surface area contributed by atoms with Gasteiger partial charge in [0, 0.05) is 12.6 Å². The van der Waals surface area contributed by atoms with Crippen LogP contribution in [0.2, 0.25) is 0 Å². The van der Waals surface area contributed by atoms with E-state index in [0.717, 1.165) is 25.7 Å². The fraction of sp³-hybridized carbons (Fsp3) is 0.833. The van der Waals surface area contributed by atoms with E-state index in [2.05, 4.69) is 17.6 Å². The predicted octanol–water partition coefficient (Wildman–Crippen LogP) is 1.21. The Hall–Kier alpha value is -1.06. The van der Waals surface area contributed by atoms with Crippen LogP contribution in [-0.4, -0.2) is 24.4 Å². The number of hydrogen-bond acceptors (Lipinski definition) is 2. The van der Waals surface area contributed by atoms with E-state index in [1.54, 1.807) is 13.8 Å². The molecule has 0 aliphatic heterocycles. The van der Waals surface area contributed by atoms with Crippen LogP contribution in [0.1, 0.15) is 46.5 Å². The summed E-state index contributed by atoms with van der Waals surface area (Å²) in [5, 5.41) is 5.66. The molecule has 1 fully saturated rings. The van der Waals surface area contributed by atoms with E-state index < -0.39 is 5.41 Å². The summed E-state index contributed by atoms with van der Waals surface area (Å²) >= 11 is 0. The maximum Gasteiger partial charge on any atom is 0.235 e. The summed E-state index contributed by atoms with van der Waals surface area (Å²) < 4.78 is 0. The van der Waals surface area contributed by atoms with Crippen molar-refractivity contribution in [3.63, 3.8) is 0 Å². The van der Waals surface area contributed by atoms with E-state index in [1.165, 1.54) is 0 Å². The molecule has 0 saturated heterocycles. The van der Waals surface area contributed by atoms with Crippen LogP contribution in [0, 0.1) is 5.41 Å². The highest BCUT2D eigenvalue weighted by molar-refractivity contribution is 6.04. The molecule has 2 N–H and O–H groups in total. The average Bonchev–Trinajstić information content (AvgIpc) is 3.01. The lowest BCUT2D eigenvalue weighted by atomic mass is 9.91. The van der Waals surface area contributed by atoms with E-state index in [4.69, 9.17) is 0 Å². The molecule has 0 aromatic heterocycles. The van der Waals surface area contributed by atoms with Gasteiger partial charge in [0.1, 0.15) is 5.41 Å². The van der Waals surface area contributed by atoms with Crippen molar-refractivity contribution in [1.82, 2.24) is 10.6 Å². The van der Waals surface area contributed by atoms with Crippen LogP contribution in [0.25, 0.3) is 0 Å². The van der Waals surface area contributed by atoms with Gasteiger partial charge in [-0.25, -0.2) is 0 Å². The van der Waals surface area contributed by atoms with E-state index >= 15 is 0 Å². The number of unbranched alkanes of at least 4 members (excludes halogenated alkanes) is 1. The second-order valence-corrected chi connectivity index (χ2v) is 4.98. The summed E-state index contributed by atoms with van der Waals surface area (Å²) in [6.45, 7) is 6.06. The number of nitrogens with one attached hydrogen (secondary N) is 2. The quantitative estimate of drug-likeness (QED) is 0.528. The van der Waals surface area contributed by atoms with Crippen LogP contribution in [0.5, 0.6) is 0 Å². The number of carbonyl (C=O) groups excluding carboxylic acids is 2. The van der Waals surface area contributed by atoms with Gasteiger partial charge in [0.05, 0.1) is 0 Å². The molecule has 92 valence electrons. The molecule has 1 aliphatic carbocycles. The molecular formula is C12H22N2O2. The van der Waals surface area contributed by atoms with Gasteiger partial charge in [-0.05, 0) is 33.1 Å². The Morgan fingerprint density at radius 3 is 2.38 bits per heavy atom. The minimum absolute atomic E-state index is 0.163. The zero-order valence-corrected chi connectivity index (χ0v) is 10.4. The van der Waals surface area contributed by atoms with Gasteiger partial charge < -0.3 is 10.6 Å². The Balaban J connectivity index is 2.39. The molecule has 4 nitrogen and oxygen atoms in total. The number of hydrogen-bond donors (Lipinski definition) is 2. The van der Waals surface area contributed by atoms with Crippen molar-refractivity contribution in [1.29, 1.82) is 0 Å². The summed E-state index contributed by atoms with van der Waals surface area (Å²) in [5.41, 5.74) is -0.962. The van der Waals surface area contributed by atoms with Gasteiger partial charge in [0.2, 0.25) is 11.8 Å². The first-order chi connectivity index (χ1) is 7.48. The van der Waals surface area contributed by atoms with Crippen molar-refractivity contribution in [3.05, 3.63) is 0 Å². The topological polar surface area (TPSA) is 58.2 Å². The maximum atomic E-state index is 11.8. The van der Waals surface area contributed by atoms with Crippen LogP contribution in [-0.2, 0) is 9.59 Å². The Kier molecular flexibility index (Phi) is 4.33. The van der Waals surface area contributed by atoms with Gasteiger partial charge in [-0.3, -0.25) is 9.59 Å². The summed E-state index contributed by atoms with van der Waals surface area (Å²) in [4.78, 5) is 23.6. The molecule has 0 aromatic rings. The Labute approximate surface area is 97.2 Å². The van der Waals surface area contributed by atoms with E-state index in [9.17, 15) is 9.59 Å². The minimum atomic E-state index is -0.962. The smallest absolute Gasteiger partial charge is 0.235 e. The fourth-order valence-electron chi connectivity index (χ4n) is 1.30. The highest BCUT2D eigenvalue weighted by atomic mass is 16.2. The molecule has 1 rings (SSSR count). The van der Waals surface area contributed by atoms with Crippen molar-refractivity contribution >= 4 is 11.8 Å². The second-order valence-electron chi connectivity index (χ2n) is 4.98. The zero-order chi connectivity index (χ0) is 12.2. The molecule has 0 heterocycles. The van der Waals surface area contributed by atoms with Gasteiger partial charge >= 0.3 is 0 Å². The zero-order valence-electron chi connectivity index (χ0n) is 10.4. The van der Waals surface area contributed by atoms with Gasteiger partial charge in [-0.1, -0.05) is 13.3 Å². The first kappa shape index (κ1) is 13.0. The van der Waals surface area contributed by atoms with Crippen molar-refractivity contribution in [2.75, 3.05) is 6.54 Å². The fourth-order valence-corrected chi connectivity index (χ4v) is 1.30. The lowest BCUT2D eigenvalue weighted by Crippen LogP contribution is -2.48. The van der Waals surface area contributed by atoms with Crippen molar-refractivity contribution in [2.45, 2.75) is 52.5 Å². The Morgan fingerprint density at radius 2 is 1.88 bits per heavy atom. The van der Waals surface area contributed by atoms with Gasteiger partial charge in [-0.2, -0.15) is 0 Å². The minimum Gasteiger partial charge on any atom is -0.355 e. The van der Waals surface area contributed by atoms with Gasteiger partial charge in [0.15, 0.2) is 0 Å². The molecule has 0 spiro atoms. The molecule has 0 unspecified atom stereocenters. The Morgan fingerprint density at radius 1 is 1.25 bits per heavy atom. The molecule has 0 radical (unpaired) electrons. The molecule has 2 amide bonds. The Bertz CT molecular complexity index is 270. The monoisotopic (exact) mass is 226 g/mol.